The SMILES string of the molecule is [CH]1CCC2CC3CCCCC3CC2C1. The summed E-state index contributed by atoms with van der Waals surface area (Å²) in [6, 6.07) is 0. The van der Waals surface area contributed by atoms with Gasteiger partial charge in [0.05, 0.1) is 0 Å². The van der Waals surface area contributed by atoms with Crippen molar-refractivity contribution in [1.82, 2.24) is 0 Å². The van der Waals surface area contributed by atoms with Crippen molar-refractivity contribution in [1.29, 1.82) is 0 Å². The number of hydrogen-bond donors (Lipinski definition) is 0. The largest absolute Gasteiger partial charge is 0.0530 e. The highest BCUT2D eigenvalue weighted by Gasteiger charge is 2.38. The van der Waals surface area contributed by atoms with E-state index in [1.54, 1.807) is 25.7 Å². The molecule has 3 aliphatic carbocycles. The minimum absolute atomic E-state index is 1.10. The molecule has 79 valence electrons. The molecule has 0 bridgehead atoms. The van der Waals surface area contributed by atoms with E-state index in [-0.39, 0.29) is 0 Å². The van der Waals surface area contributed by atoms with E-state index in [1.165, 1.54) is 32.1 Å². The molecule has 0 saturated heterocycles. The maximum Gasteiger partial charge on any atom is -0.0380 e. The van der Waals surface area contributed by atoms with Crippen LogP contribution in [0.2, 0.25) is 0 Å². The topological polar surface area (TPSA) is 0 Å². The second kappa shape index (κ2) is 3.87. The van der Waals surface area contributed by atoms with Crippen molar-refractivity contribution in [3.63, 3.8) is 0 Å². The van der Waals surface area contributed by atoms with Crippen LogP contribution in [0.5, 0.6) is 0 Å². The fourth-order valence-electron chi connectivity index (χ4n) is 4.37. The third-order valence-electron chi connectivity index (χ3n) is 5.16. The highest BCUT2D eigenvalue weighted by molar-refractivity contribution is 4.93. The van der Waals surface area contributed by atoms with Gasteiger partial charge < -0.3 is 0 Å². The van der Waals surface area contributed by atoms with E-state index in [1.807, 2.05) is 0 Å². The van der Waals surface area contributed by atoms with Gasteiger partial charge in [-0.3, -0.25) is 0 Å². The Morgan fingerprint density at radius 1 is 0.714 bits per heavy atom. The first-order chi connectivity index (χ1) is 6.93. The Hall–Kier alpha value is 0. The lowest BCUT2D eigenvalue weighted by Gasteiger charge is -2.46. The van der Waals surface area contributed by atoms with Gasteiger partial charge in [0.15, 0.2) is 0 Å². The van der Waals surface area contributed by atoms with E-state index >= 15 is 0 Å². The molecule has 3 saturated carbocycles. The fourth-order valence-corrected chi connectivity index (χ4v) is 4.37. The average Bonchev–Trinajstić information content (AvgIpc) is 2.26. The highest BCUT2D eigenvalue weighted by atomic mass is 14.4. The lowest BCUT2D eigenvalue weighted by atomic mass is 9.60. The van der Waals surface area contributed by atoms with Gasteiger partial charge in [-0.15, -0.1) is 0 Å². The van der Waals surface area contributed by atoms with E-state index < -0.39 is 0 Å². The lowest BCUT2D eigenvalue weighted by molar-refractivity contribution is 0.0625. The van der Waals surface area contributed by atoms with Crippen LogP contribution < -0.4 is 0 Å². The van der Waals surface area contributed by atoms with Gasteiger partial charge in [0.1, 0.15) is 0 Å². The van der Waals surface area contributed by atoms with Gasteiger partial charge in [-0.05, 0) is 62.2 Å². The Balaban J connectivity index is 1.68. The van der Waals surface area contributed by atoms with Crippen molar-refractivity contribution in [3.05, 3.63) is 6.42 Å². The molecule has 0 nitrogen and oxygen atoms in total. The summed E-state index contributed by atoms with van der Waals surface area (Å²) in [5.41, 5.74) is 0. The Morgan fingerprint density at radius 2 is 1.36 bits per heavy atom. The molecule has 0 aromatic heterocycles. The molecule has 14 heavy (non-hydrogen) atoms. The van der Waals surface area contributed by atoms with Crippen molar-refractivity contribution in [2.24, 2.45) is 23.7 Å². The van der Waals surface area contributed by atoms with E-state index in [9.17, 15) is 0 Å². The first-order valence-electron chi connectivity index (χ1n) is 6.75. The van der Waals surface area contributed by atoms with Crippen LogP contribution in [0.15, 0.2) is 0 Å². The monoisotopic (exact) mass is 191 g/mol. The Labute approximate surface area is 88.5 Å². The van der Waals surface area contributed by atoms with Crippen molar-refractivity contribution in [2.45, 2.75) is 57.8 Å². The van der Waals surface area contributed by atoms with Crippen molar-refractivity contribution < 1.29 is 0 Å². The molecule has 0 heterocycles. The summed E-state index contributed by atoms with van der Waals surface area (Å²) < 4.78 is 0. The molecule has 0 aromatic rings. The summed E-state index contributed by atoms with van der Waals surface area (Å²) in [6.07, 6.45) is 16.3. The predicted molar refractivity (Wildman–Crippen MR) is 59.8 cm³/mol. The normalized spacial score (nSPS) is 48.0. The first kappa shape index (κ1) is 9.24. The van der Waals surface area contributed by atoms with E-state index in [0.717, 1.165) is 23.7 Å². The fraction of sp³-hybridized carbons (Fsp3) is 0.929. The molecule has 1 radical (unpaired) electrons. The highest BCUT2D eigenvalue weighted by Crippen LogP contribution is 2.49. The van der Waals surface area contributed by atoms with Gasteiger partial charge in [-0.25, -0.2) is 0 Å². The average molecular weight is 191 g/mol. The summed E-state index contributed by atoms with van der Waals surface area (Å²) >= 11 is 0. The lowest BCUT2D eigenvalue weighted by Crippen LogP contribution is -2.35. The minimum Gasteiger partial charge on any atom is -0.0530 e. The van der Waals surface area contributed by atoms with Gasteiger partial charge in [-0.1, -0.05) is 25.7 Å². The Bertz CT molecular complexity index is 154. The number of fused-ring (bicyclic) bond motifs is 2. The van der Waals surface area contributed by atoms with E-state index in [0.29, 0.717) is 0 Å². The quantitative estimate of drug-likeness (QED) is 0.538. The van der Waals surface area contributed by atoms with Crippen molar-refractivity contribution >= 4 is 0 Å². The molecule has 3 rings (SSSR count). The molecular formula is C14H23. The van der Waals surface area contributed by atoms with Crippen LogP contribution in [0.4, 0.5) is 0 Å². The van der Waals surface area contributed by atoms with Crippen LogP contribution in [-0.4, -0.2) is 0 Å². The third kappa shape index (κ3) is 1.61. The molecule has 0 aliphatic heterocycles. The molecule has 0 amide bonds. The second-order valence-corrected chi connectivity index (χ2v) is 5.90. The summed E-state index contributed by atoms with van der Waals surface area (Å²) in [4.78, 5) is 0. The van der Waals surface area contributed by atoms with Crippen LogP contribution in [0.25, 0.3) is 0 Å². The Kier molecular flexibility index (Phi) is 2.55. The third-order valence-corrected chi connectivity index (χ3v) is 5.16. The molecule has 4 unspecified atom stereocenters. The molecule has 0 heteroatoms. The summed E-state index contributed by atoms with van der Waals surface area (Å²) in [5, 5.41) is 0. The van der Waals surface area contributed by atoms with Crippen molar-refractivity contribution in [2.75, 3.05) is 0 Å². The smallest absolute Gasteiger partial charge is 0.0380 e. The molecular weight excluding hydrogens is 168 g/mol. The van der Waals surface area contributed by atoms with Gasteiger partial charge in [0, 0.05) is 0 Å². The second-order valence-electron chi connectivity index (χ2n) is 5.90. The zero-order valence-electron chi connectivity index (χ0n) is 9.25. The number of rotatable bonds is 0. The van der Waals surface area contributed by atoms with E-state index in [2.05, 4.69) is 6.42 Å². The summed E-state index contributed by atoms with van der Waals surface area (Å²) in [7, 11) is 0. The van der Waals surface area contributed by atoms with Crippen LogP contribution >= 0.6 is 0 Å². The van der Waals surface area contributed by atoms with Crippen molar-refractivity contribution in [3.8, 4) is 0 Å². The standard InChI is InChI=1S/C14H23/c1-2-6-12-10-14-8-4-3-7-13(14)9-11(12)5-1/h1,11-14H,2-10H2. The molecule has 4 atom stereocenters. The van der Waals surface area contributed by atoms with Gasteiger partial charge in [0.2, 0.25) is 0 Å². The zero-order chi connectivity index (χ0) is 9.38. The maximum absolute atomic E-state index is 2.56. The van der Waals surface area contributed by atoms with Crippen LogP contribution in [0.3, 0.4) is 0 Å². The first-order valence-corrected chi connectivity index (χ1v) is 6.75. The summed E-state index contributed by atoms with van der Waals surface area (Å²) in [5.74, 6) is 4.50. The molecule has 0 aromatic carbocycles. The molecule has 3 fully saturated rings. The zero-order valence-corrected chi connectivity index (χ0v) is 9.25. The van der Waals surface area contributed by atoms with E-state index in [4.69, 9.17) is 0 Å². The Morgan fingerprint density at radius 3 is 2.14 bits per heavy atom. The number of hydrogen-bond acceptors (Lipinski definition) is 0. The maximum atomic E-state index is 2.56. The van der Waals surface area contributed by atoms with Gasteiger partial charge in [0.25, 0.3) is 0 Å². The van der Waals surface area contributed by atoms with Crippen LogP contribution in [0, 0.1) is 30.1 Å². The molecule has 0 spiro atoms. The van der Waals surface area contributed by atoms with Gasteiger partial charge in [-0.2, -0.15) is 0 Å². The predicted octanol–water partition coefficient (Wildman–Crippen LogP) is 4.21. The minimum atomic E-state index is 1.10. The van der Waals surface area contributed by atoms with Crippen LogP contribution in [-0.2, 0) is 0 Å². The van der Waals surface area contributed by atoms with Crippen LogP contribution in [0.1, 0.15) is 57.8 Å². The molecule has 0 N–H and O–H groups in total. The molecule has 3 aliphatic rings. The summed E-state index contributed by atoms with van der Waals surface area (Å²) in [6.45, 7) is 0. The van der Waals surface area contributed by atoms with Gasteiger partial charge >= 0.3 is 0 Å².